The summed E-state index contributed by atoms with van der Waals surface area (Å²) in [6.07, 6.45) is 6.02. The van der Waals surface area contributed by atoms with Gasteiger partial charge >= 0.3 is 0 Å². The molecule has 154 valence electrons. The van der Waals surface area contributed by atoms with Crippen LogP contribution in [0.15, 0.2) is 18.2 Å². The van der Waals surface area contributed by atoms with E-state index in [4.69, 9.17) is 0 Å². The molecule has 28 heavy (non-hydrogen) atoms. The maximum absolute atomic E-state index is 14.0. The number of aryl methyl sites for hydroxylation is 1. The van der Waals surface area contributed by atoms with Gasteiger partial charge in [0.05, 0.1) is 19.6 Å². The van der Waals surface area contributed by atoms with Crippen LogP contribution in [0, 0.1) is 18.8 Å². The lowest BCUT2D eigenvalue weighted by molar-refractivity contribution is -0.691. The first-order valence-electron chi connectivity index (χ1n) is 11.6. The van der Waals surface area contributed by atoms with E-state index >= 15 is 0 Å². The number of hydrogen-bond acceptors (Lipinski definition) is 1. The van der Waals surface area contributed by atoms with Crippen molar-refractivity contribution in [1.29, 1.82) is 0 Å². The second-order valence-corrected chi connectivity index (χ2v) is 9.41. The van der Waals surface area contributed by atoms with Gasteiger partial charge in [0.2, 0.25) is 5.91 Å². The average molecular weight is 386 g/mol. The molecule has 3 heterocycles. The maximum Gasteiger partial charge on any atom is 0.233 e. The highest BCUT2D eigenvalue weighted by molar-refractivity contribution is 5.82. The number of rotatable bonds is 4. The first-order chi connectivity index (χ1) is 13.6. The summed E-state index contributed by atoms with van der Waals surface area (Å²) in [6, 6.07) is 7.21. The number of likely N-dealkylation sites (tertiary alicyclic amines) is 1. The van der Waals surface area contributed by atoms with Gasteiger partial charge in [-0.3, -0.25) is 4.79 Å². The SMILES string of the molecule is CCC(CC)C1CCCCN1C(=O)[C@@H]1C[NH2+]C[C@]12C[NH2+]Cc1c(C)cccc12. The maximum atomic E-state index is 14.0. The van der Waals surface area contributed by atoms with Crippen molar-refractivity contribution in [2.75, 3.05) is 26.2 Å². The standard InChI is InChI=1S/C24H37N3O/c1-4-18(5-2)22-11-6-7-12-27(22)23(28)21-14-26-16-24(21)15-25-13-19-17(3)9-8-10-20(19)24/h8-10,18,21-22,25-26H,4-7,11-16H2,1-3H3/p+2/t21-,22?,24-/m0/s1. The molecule has 0 saturated carbocycles. The smallest absolute Gasteiger partial charge is 0.233 e. The molecule has 0 bridgehead atoms. The molecular weight excluding hydrogens is 346 g/mol. The monoisotopic (exact) mass is 385 g/mol. The molecule has 1 unspecified atom stereocenters. The minimum Gasteiger partial charge on any atom is -0.345 e. The number of carbonyl (C=O) groups is 1. The average Bonchev–Trinajstić information content (AvgIpc) is 3.14. The van der Waals surface area contributed by atoms with Crippen molar-refractivity contribution in [3.63, 3.8) is 0 Å². The van der Waals surface area contributed by atoms with Crippen LogP contribution < -0.4 is 10.6 Å². The lowest BCUT2D eigenvalue weighted by atomic mass is 9.67. The first-order valence-corrected chi connectivity index (χ1v) is 11.6. The Balaban J connectivity index is 1.67. The van der Waals surface area contributed by atoms with Gasteiger partial charge < -0.3 is 15.5 Å². The van der Waals surface area contributed by atoms with E-state index in [1.54, 1.807) is 0 Å². The van der Waals surface area contributed by atoms with E-state index in [2.05, 4.69) is 54.5 Å². The van der Waals surface area contributed by atoms with Gasteiger partial charge in [-0.15, -0.1) is 0 Å². The molecule has 0 aromatic heterocycles. The van der Waals surface area contributed by atoms with Gasteiger partial charge in [-0.25, -0.2) is 0 Å². The Morgan fingerprint density at radius 1 is 1.21 bits per heavy atom. The third kappa shape index (κ3) is 3.19. The fourth-order valence-electron chi connectivity index (χ4n) is 6.51. The fourth-order valence-corrected chi connectivity index (χ4v) is 6.51. The topological polar surface area (TPSA) is 53.5 Å². The van der Waals surface area contributed by atoms with Crippen LogP contribution in [0.3, 0.4) is 0 Å². The molecule has 2 fully saturated rings. The van der Waals surface area contributed by atoms with Gasteiger partial charge in [-0.2, -0.15) is 0 Å². The summed E-state index contributed by atoms with van der Waals surface area (Å²) in [5.41, 5.74) is 4.35. The molecular formula is C24H39N3O+2. The summed E-state index contributed by atoms with van der Waals surface area (Å²) >= 11 is 0. The van der Waals surface area contributed by atoms with Crippen molar-refractivity contribution in [3.05, 3.63) is 34.9 Å². The summed E-state index contributed by atoms with van der Waals surface area (Å²) in [5.74, 6) is 1.23. The van der Waals surface area contributed by atoms with Crippen molar-refractivity contribution in [2.24, 2.45) is 11.8 Å². The molecule has 2 saturated heterocycles. The number of benzene rings is 1. The molecule has 4 heteroatoms. The third-order valence-electron chi connectivity index (χ3n) is 8.11. The zero-order chi connectivity index (χ0) is 19.7. The Morgan fingerprint density at radius 3 is 2.79 bits per heavy atom. The highest BCUT2D eigenvalue weighted by atomic mass is 16.2. The van der Waals surface area contributed by atoms with Crippen LogP contribution in [0.25, 0.3) is 0 Å². The second kappa shape index (κ2) is 8.16. The Bertz CT molecular complexity index is 714. The molecule has 1 aromatic rings. The minimum atomic E-state index is 0.00656. The third-order valence-corrected chi connectivity index (χ3v) is 8.11. The number of piperidine rings is 1. The van der Waals surface area contributed by atoms with Crippen molar-refractivity contribution in [2.45, 2.75) is 70.9 Å². The van der Waals surface area contributed by atoms with Gasteiger partial charge in [-0.05, 0) is 43.2 Å². The van der Waals surface area contributed by atoms with Crippen LogP contribution in [-0.4, -0.2) is 43.0 Å². The van der Waals surface area contributed by atoms with Gasteiger partial charge in [0, 0.05) is 18.2 Å². The number of nitrogens with two attached hydrogens (primary N) is 2. The lowest BCUT2D eigenvalue weighted by Crippen LogP contribution is -2.91. The Kier molecular flexibility index (Phi) is 5.80. The first kappa shape index (κ1) is 19.9. The largest absolute Gasteiger partial charge is 0.345 e. The molecule has 3 aliphatic heterocycles. The molecule has 1 aromatic carbocycles. The normalized spacial score (nSPS) is 30.1. The van der Waals surface area contributed by atoms with Crippen molar-refractivity contribution in [1.82, 2.24) is 4.90 Å². The number of amides is 1. The molecule has 3 atom stereocenters. The summed E-state index contributed by atoms with van der Waals surface area (Å²) in [6.45, 7) is 11.9. The van der Waals surface area contributed by atoms with Crippen LogP contribution in [0.5, 0.6) is 0 Å². The molecule has 4 rings (SSSR count). The highest BCUT2D eigenvalue weighted by Gasteiger charge is 2.56. The predicted octanol–water partition coefficient (Wildman–Crippen LogP) is 1.32. The summed E-state index contributed by atoms with van der Waals surface area (Å²) in [5, 5.41) is 4.85. The van der Waals surface area contributed by atoms with Crippen molar-refractivity contribution >= 4 is 5.91 Å². The number of carbonyl (C=O) groups excluding carboxylic acids is 1. The number of hydrogen-bond donors (Lipinski definition) is 2. The summed E-state index contributed by atoms with van der Waals surface area (Å²) < 4.78 is 0. The Labute approximate surface area is 170 Å². The van der Waals surface area contributed by atoms with Crippen LogP contribution in [-0.2, 0) is 16.8 Å². The van der Waals surface area contributed by atoms with Gasteiger partial charge in [0.25, 0.3) is 0 Å². The molecule has 4 nitrogen and oxygen atoms in total. The summed E-state index contributed by atoms with van der Waals surface area (Å²) in [7, 11) is 0. The summed E-state index contributed by atoms with van der Waals surface area (Å²) in [4.78, 5) is 16.3. The van der Waals surface area contributed by atoms with Crippen molar-refractivity contribution < 1.29 is 15.4 Å². The van der Waals surface area contributed by atoms with Crippen LogP contribution in [0.2, 0.25) is 0 Å². The van der Waals surface area contributed by atoms with E-state index < -0.39 is 0 Å². The van der Waals surface area contributed by atoms with Crippen LogP contribution in [0.1, 0.15) is 62.6 Å². The predicted molar refractivity (Wildman–Crippen MR) is 112 cm³/mol. The van der Waals surface area contributed by atoms with Crippen LogP contribution >= 0.6 is 0 Å². The molecule has 0 radical (unpaired) electrons. The minimum absolute atomic E-state index is 0.00656. The number of fused-ring (bicyclic) bond motifs is 2. The zero-order valence-electron chi connectivity index (χ0n) is 18.0. The molecule has 1 spiro atoms. The fraction of sp³-hybridized carbons (Fsp3) is 0.708. The van der Waals surface area contributed by atoms with E-state index in [1.807, 2.05) is 0 Å². The van der Waals surface area contributed by atoms with Gasteiger partial charge in [0.1, 0.15) is 17.9 Å². The van der Waals surface area contributed by atoms with E-state index in [-0.39, 0.29) is 11.3 Å². The van der Waals surface area contributed by atoms with E-state index in [9.17, 15) is 4.79 Å². The van der Waals surface area contributed by atoms with Crippen molar-refractivity contribution in [3.8, 4) is 0 Å². The molecule has 0 aliphatic carbocycles. The quantitative estimate of drug-likeness (QED) is 0.807. The van der Waals surface area contributed by atoms with Crippen LogP contribution in [0.4, 0.5) is 0 Å². The van der Waals surface area contributed by atoms with Gasteiger partial charge in [-0.1, -0.05) is 44.9 Å². The molecule has 1 amide bonds. The Hall–Kier alpha value is -1.39. The van der Waals surface area contributed by atoms with E-state index in [1.165, 1.54) is 48.8 Å². The zero-order valence-corrected chi connectivity index (χ0v) is 18.0. The molecule has 3 aliphatic rings. The van der Waals surface area contributed by atoms with E-state index in [0.717, 1.165) is 32.7 Å². The lowest BCUT2D eigenvalue weighted by Gasteiger charge is -2.44. The number of nitrogens with zero attached hydrogens (tertiary/aromatic N) is 1. The second-order valence-electron chi connectivity index (χ2n) is 9.41. The van der Waals surface area contributed by atoms with Gasteiger partial charge in [0.15, 0.2) is 0 Å². The number of quaternary nitrogens is 2. The highest BCUT2D eigenvalue weighted by Crippen LogP contribution is 2.39. The molecule has 4 N–H and O–H groups in total. The Morgan fingerprint density at radius 2 is 2.00 bits per heavy atom. The van der Waals surface area contributed by atoms with E-state index in [0.29, 0.717) is 17.9 Å².